The Morgan fingerprint density at radius 3 is 2.50 bits per heavy atom. The Kier molecular flexibility index (Phi) is 6.79. The monoisotopic (exact) mass is 361 g/mol. The maximum absolute atomic E-state index is 9.72. The van der Waals surface area contributed by atoms with Crippen molar-refractivity contribution in [3.05, 3.63) is 70.6 Å². The molecule has 0 bridgehead atoms. The van der Waals surface area contributed by atoms with E-state index < -0.39 is 0 Å². The molecule has 3 rings (SSSR count). The fraction of sp³-hybridized carbons (Fsp3) is 0.300. The summed E-state index contributed by atoms with van der Waals surface area (Å²) >= 11 is 1.91. The third-order valence-electron chi connectivity index (χ3n) is 4.45. The van der Waals surface area contributed by atoms with Crippen LogP contribution in [0.3, 0.4) is 0 Å². The number of benzene rings is 2. The lowest BCUT2D eigenvalue weighted by molar-refractivity contribution is 0.275. The molecule has 1 aliphatic carbocycles. The number of halogens is 1. The lowest BCUT2D eigenvalue weighted by atomic mass is 9.87. The zero-order chi connectivity index (χ0) is 16.2. The van der Waals surface area contributed by atoms with Gasteiger partial charge in [0.25, 0.3) is 0 Å². The summed E-state index contributed by atoms with van der Waals surface area (Å²) in [6.07, 6.45) is 4.22. The van der Waals surface area contributed by atoms with Crippen molar-refractivity contribution >= 4 is 30.2 Å². The van der Waals surface area contributed by atoms with Crippen LogP contribution in [0.25, 0.3) is 6.08 Å². The molecule has 1 N–H and O–H groups in total. The number of phenols is 1. The number of hydrogen-bond donors (Lipinski definition) is 1. The van der Waals surface area contributed by atoms with Crippen LogP contribution in [-0.4, -0.2) is 35.4 Å². The van der Waals surface area contributed by atoms with Gasteiger partial charge in [-0.1, -0.05) is 36.4 Å². The van der Waals surface area contributed by atoms with Crippen molar-refractivity contribution in [3.8, 4) is 5.75 Å². The van der Waals surface area contributed by atoms with Crippen LogP contribution in [0.15, 0.2) is 53.9 Å². The lowest BCUT2D eigenvalue weighted by Crippen LogP contribution is -2.42. The highest BCUT2D eigenvalue weighted by Gasteiger charge is 2.29. The smallest absolute Gasteiger partial charge is 0.115 e. The molecular formula is C20H24ClNOS. The SMILES string of the molecule is CN(C)C1Cc2cc(O)ccc2CC1SC=Cc1ccccc1.Cl. The van der Waals surface area contributed by atoms with Gasteiger partial charge < -0.3 is 10.0 Å². The maximum Gasteiger partial charge on any atom is 0.115 e. The first-order chi connectivity index (χ1) is 11.1. The molecule has 24 heavy (non-hydrogen) atoms. The molecular weight excluding hydrogens is 338 g/mol. The van der Waals surface area contributed by atoms with E-state index in [-0.39, 0.29) is 12.4 Å². The summed E-state index contributed by atoms with van der Waals surface area (Å²) in [5.41, 5.74) is 3.89. The zero-order valence-electron chi connectivity index (χ0n) is 14.1. The van der Waals surface area contributed by atoms with Gasteiger partial charge in [0.05, 0.1) is 0 Å². The van der Waals surface area contributed by atoms with Gasteiger partial charge in [0.1, 0.15) is 5.75 Å². The molecule has 0 aliphatic heterocycles. The van der Waals surface area contributed by atoms with Gasteiger partial charge >= 0.3 is 0 Å². The Balaban J connectivity index is 0.00000208. The summed E-state index contributed by atoms with van der Waals surface area (Å²) in [6.45, 7) is 0. The molecule has 2 atom stereocenters. The number of rotatable bonds is 4. The molecule has 0 fully saturated rings. The maximum atomic E-state index is 9.72. The van der Waals surface area contributed by atoms with E-state index in [9.17, 15) is 5.11 Å². The first kappa shape index (κ1) is 18.9. The molecule has 2 aromatic carbocycles. The van der Waals surface area contributed by atoms with Gasteiger partial charge in [-0.25, -0.2) is 0 Å². The molecule has 0 radical (unpaired) electrons. The third kappa shape index (κ3) is 4.56. The highest BCUT2D eigenvalue weighted by Crippen LogP contribution is 2.33. The highest BCUT2D eigenvalue weighted by molar-refractivity contribution is 8.02. The van der Waals surface area contributed by atoms with E-state index in [1.165, 1.54) is 16.7 Å². The summed E-state index contributed by atoms with van der Waals surface area (Å²) in [6, 6.07) is 16.7. The molecule has 0 amide bonds. The fourth-order valence-electron chi connectivity index (χ4n) is 3.15. The Morgan fingerprint density at radius 1 is 1.04 bits per heavy atom. The number of thioether (sulfide) groups is 1. The second-order valence-electron chi connectivity index (χ2n) is 6.28. The average molecular weight is 362 g/mol. The van der Waals surface area contributed by atoms with Gasteiger partial charge in [0.15, 0.2) is 0 Å². The zero-order valence-corrected chi connectivity index (χ0v) is 15.7. The largest absolute Gasteiger partial charge is 0.508 e. The van der Waals surface area contributed by atoms with E-state index >= 15 is 0 Å². The number of hydrogen-bond acceptors (Lipinski definition) is 3. The number of likely N-dealkylation sites (N-methyl/N-ethyl adjacent to an activating group) is 1. The Hall–Kier alpha value is -1.42. The predicted octanol–water partition coefficient (Wildman–Crippen LogP) is 4.62. The van der Waals surface area contributed by atoms with Crippen LogP contribution in [0.1, 0.15) is 16.7 Å². The molecule has 128 valence electrons. The fourth-order valence-corrected chi connectivity index (χ4v) is 4.38. The molecule has 1 aliphatic rings. The minimum Gasteiger partial charge on any atom is -0.508 e. The summed E-state index contributed by atoms with van der Waals surface area (Å²) in [5, 5.41) is 12.5. The van der Waals surface area contributed by atoms with E-state index in [1.54, 1.807) is 6.07 Å². The molecule has 2 unspecified atom stereocenters. The van der Waals surface area contributed by atoms with Crippen LogP contribution < -0.4 is 0 Å². The van der Waals surface area contributed by atoms with Gasteiger partial charge in [-0.2, -0.15) is 0 Å². The topological polar surface area (TPSA) is 23.5 Å². The van der Waals surface area contributed by atoms with Crippen molar-refractivity contribution in [2.75, 3.05) is 14.1 Å². The van der Waals surface area contributed by atoms with Crippen LogP contribution in [0.5, 0.6) is 5.75 Å². The number of aromatic hydroxyl groups is 1. The second-order valence-corrected chi connectivity index (χ2v) is 7.43. The summed E-state index contributed by atoms with van der Waals surface area (Å²) in [4.78, 5) is 2.31. The van der Waals surface area contributed by atoms with Crippen molar-refractivity contribution in [1.29, 1.82) is 0 Å². The first-order valence-electron chi connectivity index (χ1n) is 7.98. The first-order valence-corrected chi connectivity index (χ1v) is 8.92. The molecule has 2 aromatic rings. The molecule has 4 heteroatoms. The normalized spacial score (nSPS) is 20.0. The van der Waals surface area contributed by atoms with Crippen LogP contribution in [0.4, 0.5) is 0 Å². The molecule has 0 spiro atoms. The Bertz CT molecular complexity index is 687. The second kappa shape index (κ2) is 8.61. The van der Waals surface area contributed by atoms with Gasteiger partial charge in [-0.15, -0.1) is 24.2 Å². The minimum atomic E-state index is 0. The molecule has 0 aromatic heterocycles. The highest BCUT2D eigenvalue weighted by atomic mass is 35.5. The van der Waals surface area contributed by atoms with Crippen molar-refractivity contribution in [3.63, 3.8) is 0 Å². The van der Waals surface area contributed by atoms with Gasteiger partial charge in [0.2, 0.25) is 0 Å². The molecule has 0 saturated heterocycles. The lowest BCUT2D eigenvalue weighted by Gasteiger charge is -2.36. The molecule has 0 heterocycles. The van der Waals surface area contributed by atoms with Crippen LogP contribution >= 0.6 is 24.2 Å². The summed E-state index contributed by atoms with van der Waals surface area (Å²) in [5.74, 6) is 0.372. The van der Waals surface area contributed by atoms with E-state index in [4.69, 9.17) is 0 Å². The van der Waals surface area contributed by atoms with E-state index in [0.717, 1.165) is 12.8 Å². The van der Waals surface area contributed by atoms with E-state index in [1.807, 2.05) is 23.9 Å². The Morgan fingerprint density at radius 2 is 1.79 bits per heavy atom. The van der Waals surface area contributed by atoms with Crippen molar-refractivity contribution < 1.29 is 5.11 Å². The standard InChI is InChI=1S/C20H23NOS.ClH/c1-21(2)19-13-17-12-18(22)9-8-16(17)14-20(19)23-11-10-15-6-4-3-5-7-15;/h3-12,19-20,22H,13-14H2,1-2H3;1H. The van der Waals surface area contributed by atoms with Crippen molar-refractivity contribution in [2.24, 2.45) is 0 Å². The summed E-state index contributed by atoms with van der Waals surface area (Å²) < 4.78 is 0. The van der Waals surface area contributed by atoms with Crippen molar-refractivity contribution in [1.82, 2.24) is 4.90 Å². The number of fused-ring (bicyclic) bond motifs is 1. The van der Waals surface area contributed by atoms with Crippen molar-refractivity contribution in [2.45, 2.75) is 24.1 Å². The third-order valence-corrected chi connectivity index (χ3v) is 5.57. The minimum absolute atomic E-state index is 0. The number of nitrogens with zero attached hydrogens (tertiary/aromatic N) is 1. The average Bonchev–Trinajstić information content (AvgIpc) is 2.55. The Labute approximate surface area is 155 Å². The predicted molar refractivity (Wildman–Crippen MR) is 107 cm³/mol. The quantitative estimate of drug-likeness (QED) is 0.859. The van der Waals surface area contributed by atoms with Crippen LogP contribution in [0.2, 0.25) is 0 Å². The summed E-state index contributed by atoms with van der Waals surface area (Å²) in [7, 11) is 4.29. The van der Waals surface area contributed by atoms with Gasteiger partial charge in [-0.3, -0.25) is 0 Å². The van der Waals surface area contributed by atoms with E-state index in [2.05, 4.69) is 60.8 Å². The number of phenolic OH excluding ortho intramolecular Hbond substituents is 1. The van der Waals surface area contributed by atoms with Gasteiger partial charge in [0, 0.05) is 11.3 Å². The van der Waals surface area contributed by atoms with E-state index in [0.29, 0.717) is 17.0 Å². The molecule has 0 saturated carbocycles. The van der Waals surface area contributed by atoms with Crippen LogP contribution in [0, 0.1) is 0 Å². The molecule has 2 nitrogen and oxygen atoms in total. The van der Waals surface area contributed by atoms with Gasteiger partial charge in [-0.05, 0) is 67.2 Å². The van der Waals surface area contributed by atoms with Crippen LogP contribution in [-0.2, 0) is 12.8 Å².